The van der Waals surface area contributed by atoms with Gasteiger partial charge in [0.05, 0.1) is 39.0 Å². The van der Waals surface area contributed by atoms with Crippen molar-refractivity contribution in [3.05, 3.63) is 70.5 Å². The number of halogens is 3. The number of carbonyl (C=O) groups is 1. The van der Waals surface area contributed by atoms with Gasteiger partial charge in [0.15, 0.2) is 0 Å². The zero-order valence-electron chi connectivity index (χ0n) is 22.2. The van der Waals surface area contributed by atoms with Crippen molar-refractivity contribution in [2.45, 2.75) is 52.2 Å². The molecular weight excluding hydrogens is 542 g/mol. The molecule has 11 heteroatoms. The third-order valence-corrected chi connectivity index (χ3v) is 7.29. The Morgan fingerprint density at radius 3 is 2.59 bits per heavy atom. The number of likely N-dealkylation sites (tertiary alicyclic amines) is 1. The Bertz CT molecular complexity index is 1560. The summed E-state index contributed by atoms with van der Waals surface area (Å²) in [5.41, 5.74) is 3.64. The predicted molar refractivity (Wildman–Crippen MR) is 151 cm³/mol. The van der Waals surface area contributed by atoms with Crippen molar-refractivity contribution >= 4 is 46.0 Å². The van der Waals surface area contributed by atoms with Gasteiger partial charge in [0.2, 0.25) is 0 Å². The Balaban J connectivity index is 1.35. The van der Waals surface area contributed by atoms with Gasteiger partial charge in [-0.05, 0) is 64.8 Å². The van der Waals surface area contributed by atoms with Crippen molar-refractivity contribution in [1.82, 2.24) is 24.3 Å². The molecule has 1 aliphatic rings. The number of fused-ring (bicyclic) bond motifs is 1. The van der Waals surface area contributed by atoms with Gasteiger partial charge in [-0.1, -0.05) is 23.2 Å². The lowest BCUT2D eigenvalue weighted by Gasteiger charge is -2.33. The second kappa shape index (κ2) is 10.6. The predicted octanol–water partition coefficient (Wildman–Crippen LogP) is 7.19. The zero-order valence-corrected chi connectivity index (χ0v) is 23.7. The van der Waals surface area contributed by atoms with E-state index in [1.54, 1.807) is 28.9 Å². The van der Waals surface area contributed by atoms with Crippen LogP contribution in [-0.2, 0) is 4.74 Å². The molecule has 4 aromatic rings. The second-order valence-electron chi connectivity index (χ2n) is 10.6. The molecule has 204 valence electrons. The summed E-state index contributed by atoms with van der Waals surface area (Å²) >= 11 is 12.5. The van der Waals surface area contributed by atoms with Crippen molar-refractivity contribution in [3.63, 3.8) is 0 Å². The molecule has 39 heavy (non-hydrogen) atoms. The molecule has 0 saturated carbocycles. The van der Waals surface area contributed by atoms with Crippen LogP contribution in [-0.4, -0.2) is 54.8 Å². The van der Waals surface area contributed by atoms with Gasteiger partial charge in [-0.25, -0.2) is 13.9 Å². The van der Waals surface area contributed by atoms with Gasteiger partial charge in [-0.2, -0.15) is 10.2 Å². The van der Waals surface area contributed by atoms with Crippen LogP contribution in [0.4, 0.5) is 9.18 Å². The smallest absolute Gasteiger partial charge is 0.410 e. The van der Waals surface area contributed by atoms with Crippen LogP contribution in [0.25, 0.3) is 22.2 Å². The van der Waals surface area contributed by atoms with Crippen molar-refractivity contribution in [1.29, 1.82) is 0 Å². The number of hydrogen-bond donors (Lipinski definition) is 0. The maximum absolute atomic E-state index is 14.0. The summed E-state index contributed by atoms with van der Waals surface area (Å²) in [4.78, 5) is 18.7. The lowest BCUT2D eigenvalue weighted by atomic mass is 10.1. The van der Waals surface area contributed by atoms with Gasteiger partial charge in [-0.3, -0.25) is 9.67 Å². The molecule has 8 nitrogen and oxygen atoms in total. The topological polar surface area (TPSA) is 77.5 Å². The summed E-state index contributed by atoms with van der Waals surface area (Å²) in [6, 6.07) is 6.72. The number of ether oxygens (including phenoxy) is 1. The molecule has 1 amide bonds. The minimum Gasteiger partial charge on any atom is -0.444 e. The fourth-order valence-electron chi connectivity index (χ4n) is 4.64. The molecule has 0 aliphatic carbocycles. The number of hydrogen-bond acceptors (Lipinski definition) is 5. The van der Waals surface area contributed by atoms with E-state index in [1.165, 1.54) is 12.1 Å². The van der Waals surface area contributed by atoms with Gasteiger partial charge in [0, 0.05) is 48.4 Å². The summed E-state index contributed by atoms with van der Waals surface area (Å²) in [5.74, 6) is -0.556. The fourth-order valence-corrected chi connectivity index (χ4v) is 5.28. The van der Waals surface area contributed by atoms with E-state index in [2.05, 4.69) is 15.2 Å². The number of piperidine rings is 1. The Morgan fingerprint density at radius 1 is 1.13 bits per heavy atom. The van der Waals surface area contributed by atoms with Crippen molar-refractivity contribution in [2.75, 3.05) is 13.1 Å². The third kappa shape index (κ3) is 5.79. The van der Waals surface area contributed by atoms with Gasteiger partial charge in [-0.15, -0.1) is 0 Å². The summed E-state index contributed by atoms with van der Waals surface area (Å²) < 4.78 is 23.2. The number of amides is 1. The third-order valence-electron chi connectivity index (χ3n) is 6.61. The van der Waals surface area contributed by atoms with Gasteiger partial charge in [0.1, 0.15) is 11.4 Å². The number of aromatic nitrogens is 4. The Labute approximate surface area is 236 Å². The van der Waals surface area contributed by atoms with Crippen LogP contribution in [0, 0.1) is 5.82 Å². The Morgan fingerprint density at radius 2 is 1.87 bits per heavy atom. The molecular formula is C28H29Cl2FN6O2. The molecule has 1 fully saturated rings. The standard InChI is InChI=1S/C28H29Cl2FN6O2/c1-17(25-21(29)5-6-22(31)26(25)30)34-36-12-9-23-24(36)13-18(14-32-23)19-15-33-37(16-19)20-7-10-35(11-8-20)27(38)39-28(2,3)4/h5-6,9,12-16,20H,7-8,10-11H2,1-4H3/b34-17+. The minimum absolute atomic E-state index is 0.0663. The monoisotopic (exact) mass is 570 g/mol. The van der Waals surface area contributed by atoms with E-state index < -0.39 is 11.4 Å². The van der Waals surface area contributed by atoms with Gasteiger partial charge < -0.3 is 9.64 Å². The first-order valence-corrected chi connectivity index (χ1v) is 13.4. The molecule has 1 aliphatic heterocycles. The summed E-state index contributed by atoms with van der Waals surface area (Å²) in [5, 5.41) is 9.49. The maximum atomic E-state index is 14.0. The van der Waals surface area contributed by atoms with Crippen LogP contribution in [0.1, 0.15) is 52.1 Å². The van der Waals surface area contributed by atoms with Gasteiger partial charge in [0.25, 0.3) is 0 Å². The second-order valence-corrected chi connectivity index (χ2v) is 11.4. The van der Waals surface area contributed by atoms with Gasteiger partial charge >= 0.3 is 6.09 Å². The first-order chi connectivity index (χ1) is 18.5. The molecule has 4 heterocycles. The quantitative estimate of drug-likeness (QED) is 0.192. The van der Waals surface area contributed by atoms with Crippen LogP contribution in [0.3, 0.4) is 0 Å². The van der Waals surface area contributed by atoms with Crippen LogP contribution < -0.4 is 0 Å². The Kier molecular flexibility index (Phi) is 7.39. The van der Waals surface area contributed by atoms with E-state index in [9.17, 15) is 9.18 Å². The number of carbonyl (C=O) groups excluding carboxylic acids is 1. The highest BCUT2D eigenvalue weighted by atomic mass is 35.5. The molecule has 0 spiro atoms. The van der Waals surface area contributed by atoms with E-state index in [1.807, 2.05) is 50.0 Å². The first kappa shape index (κ1) is 27.1. The van der Waals surface area contributed by atoms with E-state index in [0.717, 1.165) is 35.0 Å². The lowest BCUT2D eigenvalue weighted by Crippen LogP contribution is -2.42. The number of benzene rings is 1. The lowest BCUT2D eigenvalue weighted by molar-refractivity contribution is 0.0185. The normalized spacial score (nSPS) is 15.3. The largest absolute Gasteiger partial charge is 0.444 e. The Hall–Kier alpha value is -3.43. The highest BCUT2D eigenvalue weighted by Crippen LogP contribution is 2.30. The summed E-state index contributed by atoms with van der Waals surface area (Å²) in [6.45, 7) is 8.58. The zero-order chi connectivity index (χ0) is 27.9. The molecule has 5 rings (SSSR count). The molecule has 1 aromatic carbocycles. The van der Waals surface area contributed by atoms with Crippen LogP contribution in [0.2, 0.25) is 10.0 Å². The molecule has 3 aromatic heterocycles. The first-order valence-electron chi connectivity index (χ1n) is 12.7. The maximum Gasteiger partial charge on any atom is 0.410 e. The van der Waals surface area contributed by atoms with E-state index in [-0.39, 0.29) is 17.2 Å². The summed E-state index contributed by atoms with van der Waals surface area (Å²) in [6.07, 6.45) is 8.72. The van der Waals surface area contributed by atoms with Crippen LogP contribution in [0.5, 0.6) is 0 Å². The number of nitrogens with zero attached hydrogens (tertiary/aromatic N) is 6. The average Bonchev–Trinajstić information content (AvgIpc) is 3.53. The molecule has 1 saturated heterocycles. The van der Waals surface area contributed by atoms with Crippen molar-refractivity contribution in [3.8, 4) is 11.1 Å². The number of rotatable bonds is 4. The molecule has 0 N–H and O–H groups in total. The number of pyridine rings is 1. The molecule has 0 unspecified atom stereocenters. The fraction of sp³-hybridized carbons (Fsp3) is 0.357. The van der Waals surface area contributed by atoms with E-state index >= 15 is 0 Å². The van der Waals surface area contributed by atoms with Crippen LogP contribution >= 0.6 is 23.2 Å². The SMILES string of the molecule is C/C(=N\n1ccc2ncc(-c3cnn(C4CCN(C(=O)OC(C)(C)C)CC4)c3)cc21)c1c(Cl)ccc(F)c1Cl. The highest BCUT2D eigenvalue weighted by Gasteiger charge is 2.28. The van der Waals surface area contributed by atoms with E-state index in [0.29, 0.717) is 29.4 Å². The molecule has 0 atom stereocenters. The van der Waals surface area contributed by atoms with Crippen LogP contribution in [0.15, 0.2) is 54.2 Å². The molecule has 0 radical (unpaired) electrons. The highest BCUT2D eigenvalue weighted by molar-refractivity contribution is 6.40. The molecule has 0 bridgehead atoms. The van der Waals surface area contributed by atoms with E-state index in [4.69, 9.17) is 27.9 Å². The average molecular weight is 571 g/mol. The van der Waals surface area contributed by atoms with Crippen molar-refractivity contribution < 1.29 is 13.9 Å². The summed E-state index contributed by atoms with van der Waals surface area (Å²) in [7, 11) is 0. The minimum atomic E-state index is -0.556. The van der Waals surface area contributed by atoms with Crippen molar-refractivity contribution in [2.24, 2.45) is 5.10 Å².